The van der Waals surface area contributed by atoms with E-state index in [1.807, 2.05) is 0 Å². The van der Waals surface area contributed by atoms with Crippen molar-refractivity contribution < 1.29 is 0 Å². The molecule has 0 bridgehead atoms. The number of fused-ring (bicyclic) bond motifs is 1. The zero-order chi connectivity index (χ0) is 12.6. The first-order chi connectivity index (χ1) is 8.06. The fourth-order valence-corrected chi connectivity index (χ4v) is 2.36. The summed E-state index contributed by atoms with van der Waals surface area (Å²) in [6.07, 6.45) is 1.03. The third-order valence-corrected chi connectivity index (χ3v) is 3.76. The number of rotatable bonds is 3. The third-order valence-electron chi connectivity index (χ3n) is 2.53. The predicted octanol–water partition coefficient (Wildman–Crippen LogP) is 0.462. The van der Waals surface area contributed by atoms with Crippen LogP contribution in [0.3, 0.4) is 0 Å². The minimum atomic E-state index is -0.419. The Labute approximate surface area is 102 Å². The first-order valence-corrected chi connectivity index (χ1v) is 6.33. The zero-order valence-corrected chi connectivity index (χ0v) is 10.8. The first-order valence-electron chi connectivity index (χ1n) is 5.34. The second-order valence-electron chi connectivity index (χ2n) is 3.79. The van der Waals surface area contributed by atoms with E-state index < -0.39 is 5.69 Å². The average molecular weight is 254 g/mol. The lowest BCUT2D eigenvalue weighted by molar-refractivity contribution is 0.774. The molecule has 2 aromatic rings. The van der Waals surface area contributed by atoms with Crippen LogP contribution in [0, 0.1) is 0 Å². The molecule has 0 saturated carbocycles. The van der Waals surface area contributed by atoms with Crippen LogP contribution in [0.5, 0.6) is 0 Å². The number of aromatic nitrogens is 4. The van der Waals surface area contributed by atoms with Crippen LogP contribution < -0.4 is 11.2 Å². The van der Waals surface area contributed by atoms with E-state index in [-0.39, 0.29) is 5.56 Å². The van der Waals surface area contributed by atoms with Crippen LogP contribution in [0.2, 0.25) is 0 Å². The van der Waals surface area contributed by atoms with E-state index >= 15 is 0 Å². The lowest BCUT2D eigenvalue weighted by Gasteiger charge is -2.00. The van der Waals surface area contributed by atoms with Gasteiger partial charge in [-0.3, -0.25) is 14.3 Å². The topological polar surface area (TPSA) is 72.7 Å². The second kappa shape index (κ2) is 4.40. The van der Waals surface area contributed by atoms with Gasteiger partial charge in [-0.1, -0.05) is 18.7 Å². The smallest absolute Gasteiger partial charge is 0.308 e. The molecular weight excluding hydrogens is 240 g/mol. The standard InChI is InChI=1S/C10H14N4O2S/c1-4-5-17-10-11-6-7(13(10)2)12-9(16)14(3)8(6)15/h4-5H2,1-3H3,(H,12,16). The van der Waals surface area contributed by atoms with E-state index in [1.54, 1.807) is 23.4 Å². The fourth-order valence-electron chi connectivity index (χ4n) is 1.53. The van der Waals surface area contributed by atoms with Crippen molar-refractivity contribution in [1.82, 2.24) is 19.1 Å². The normalized spacial score (nSPS) is 11.2. The molecule has 2 rings (SSSR count). The lowest BCUT2D eigenvalue weighted by atomic mass is 10.5. The zero-order valence-electron chi connectivity index (χ0n) is 9.98. The van der Waals surface area contributed by atoms with Gasteiger partial charge in [0.25, 0.3) is 5.56 Å². The summed E-state index contributed by atoms with van der Waals surface area (Å²) in [5.74, 6) is 0.932. The van der Waals surface area contributed by atoms with E-state index in [0.29, 0.717) is 11.2 Å². The van der Waals surface area contributed by atoms with E-state index in [1.165, 1.54) is 7.05 Å². The second-order valence-corrected chi connectivity index (χ2v) is 4.86. The number of hydrogen-bond acceptors (Lipinski definition) is 4. The van der Waals surface area contributed by atoms with E-state index in [2.05, 4.69) is 16.9 Å². The Balaban J connectivity index is 2.70. The van der Waals surface area contributed by atoms with Gasteiger partial charge in [0.15, 0.2) is 10.7 Å². The molecule has 0 aliphatic rings. The Hall–Kier alpha value is -1.50. The van der Waals surface area contributed by atoms with Crippen molar-refractivity contribution >= 4 is 22.9 Å². The van der Waals surface area contributed by atoms with E-state index in [0.717, 1.165) is 21.9 Å². The number of hydrogen-bond donors (Lipinski definition) is 1. The van der Waals surface area contributed by atoms with Crippen molar-refractivity contribution in [1.29, 1.82) is 0 Å². The minimum absolute atomic E-state index is 0.313. The highest BCUT2D eigenvalue weighted by molar-refractivity contribution is 7.99. The molecule has 0 aromatic carbocycles. The Morgan fingerprint density at radius 2 is 2.00 bits per heavy atom. The van der Waals surface area contributed by atoms with Crippen LogP contribution in [0.25, 0.3) is 11.2 Å². The molecular formula is C10H14N4O2S. The van der Waals surface area contributed by atoms with E-state index in [4.69, 9.17) is 0 Å². The summed E-state index contributed by atoms with van der Waals surface area (Å²) in [6, 6.07) is 0. The van der Waals surface area contributed by atoms with Crippen molar-refractivity contribution in [2.75, 3.05) is 5.75 Å². The van der Waals surface area contributed by atoms with Gasteiger partial charge < -0.3 is 4.57 Å². The molecule has 0 unspecified atom stereocenters. The summed E-state index contributed by atoms with van der Waals surface area (Å²) in [6.45, 7) is 2.08. The van der Waals surface area contributed by atoms with Gasteiger partial charge in [0.2, 0.25) is 0 Å². The summed E-state index contributed by atoms with van der Waals surface area (Å²) < 4.78 is 2.78. The quantitative estimate of drug-likeness (QED) is 0.808. The van der Waals surface area contributed by atoms with Gasteiger partial charge >= 0.3 is 5.69 Å². The SMILES string of the molecule is CCCSc1nc2c(=O)n(C)c(=O)[nH]c2n1C. The first kappa shape index (κ1) is 12.0. The molecule has 2 aromatic heterocycles. The summed E-state index contributed by atoms with van der Waals surface area (Å²) in [5, 5.41) is 0.751. The van der Waals surface area contributed by atoms with Crippen LogP contribution in [-0.4, -0.2) is 24.9 Å². The number of nitrogens with zero attached hydrogens (tertiary/aromatic N) is 3. The molecule has 0 fully saturated rings. The van der Waals surface area contributed by atoms with Crippen LogP contribution in [-0.2, 0) is 14.1 Å². The molecule has 2 heterocycles. The molecule has 0 radical (unpaired) electrons. The van der Waals surface area contributed by atoms with Crippen LogP contribution in [0.4, 0.5) is 0 Å². The molecule has 0 saturated heterocycles. The van der Waals surface area contributed by atoms with Gasteiger partial charge in [-0.05, 0) is 6.42 Å². The van der Waals surface area contributed by atoms with E-state index in [9.17, 15) is 9.59 Å². The molecule has 6 nitrogen and oxygen atoms in total. The van der Waals surface area contributed by atoms with Crippen molar-refractivity contribution in [2.45, 2.75) is 18.5 Å². The summed E-state index contributed by atoms with van der Waals surface area (Å²) >= 11 is 1.57. The van der Waals surface area contributed by atoms with Crippen molar-refractivity contribution in [2.24, 2.45) is 14.1 Å². The molecule has 92 valence electrons. The van der Waals surface area contributed by atoms with Crippen molar-refractivity contribution in [3.63, 3.8) is 0 Å². The molecule has 7 heteroatoms. The summed E-state index contributed by atoms with van der Waals surface area (Å²) in [7, 11) is 3.23. The van der Waals surface area contributed by atoms with Gasteiger partial charge in [0, 0.05) is 19.8 Å². The lowest BCUT2D eigenvalue weighted by Crippen LogP contribution is -2.32. The maximum absolute atomic E-state index is 11.8. The maximum Gasteiger partial charge on any atom is 0.329 e. The number of imidazole rings is 1. The predicted molar refractivity (Wildman–Crippen MR) is 67.6 cm³/mol. The molecule has 0 aliphatic heterocycles. The fraction of sp³-hybridized carbons (Fsp3) is 0.500. The van der Waals surface area contributed by atoms with Gasteiger partial charge in [-0.2, -0.15) is 0 Å². The Morgan fingerprint density at radius 1 is 1.29 bits per heavy atom. The minimum Gasteiger partial charge on any atom is -0.308 e. The van der Waals surface area contributed by atoms with Gasteiger partial charge in [-0.15, -0.1) is 0 Å². The number of nitrogens with one attached hydrogen (secondary N) is 1. The third kappa shape index (κ3) is 1.90. The summed E-state index contributed by atoms with van der Waals surface area (Å²) in [5.41, 5.74) is 0.0187. The highest BCUT2D eigenvalue weighted by Crippen LogP contribution is 2.19. The van der Waals surface area contributed by atoms with Crippen LogP contribution >= 0.6 is 11.8 Å². The van der Waals surface area contributed by atoms with Crippen LogP contribution in [0.1, 0.15) is 13.3 Å². The molecule has 1 N–H and O–H groups in total. The van der Waals surface area contributed by atoms with Gasteiger partial charge in [0.1, 0.15) is 5.65 Å². The molecule has 0 aliphatic carbocycles. The number of aromatic amines is 1. The number of aryl methyl sites for hydroxylation is 1. The molecule has 0 atom stereocenters. The Morgan fingerprint density at radius 3 is 2.65 bits per heavy atom. The summed E-state index contributed by atoms with van der Waals surface area (Å²) in [4.78, 5) is 30.3. The largest absolute Gasteiger partial charge is 0.329 e. The average Bonchev–Trinajstić information content (AvgIpc) is 2.62. The molecule has 0 amide bonds. The highest BCUT2D eigenvalue weighted by atomic mass is 32.2. The Bertz CT molecular complexity index is 667. The molecule has 0 spiro atoms. The highest BCUT2D eigenvalue weighted by Gasteiger charge is 2.13. The van der Waals surface area contributed by atoms with Crippen molar-refractivity contribution in [3.05, 3.63) is 20.8 Å². The number of thioether (sulfide) groups is 1. The van der Waals surface area contributed by atoms with Crippen LogP contribution in [0.15, 0.2) is 14.7 Å². The monoisotopic (exact) mass is 254 g/mol. The number of H-pyrrole nitrogens is 1. The van der Waals surface area contributed by atoms with Gasteiger partial charge in [-0.25, -0.2) is 9.78 Å². The van der Waals surface area contributed by atoms with Gasteiger partial charge in [0.05, 0.1) is 0 Å². The maximum atomic E-state index is 11.8. The van der Waals surface area contributed by atoms with Crippen molar-refractivity contribution in [3.8, 4) is 0 Å². The Kier molecular flexibility index (Phi) is 3.10. The molecule has 17 heavy (non-hydrogen) atoms.